The monoisotopic (exact) mass is 624 g/mol. The number of rotatable bonds is 6. The van der Waals surface area contributed by atoms with E-state index in [0.717, 1.165) is 22.0 Å². The molecule has 1 aliphatic rings. The summed E-state index contributed by atoms with van der Waals surface area (Å²) in [6.45, 7) is -0.0958. The Morgan fingerprint density at radius 1 is 1.00 bits per heavy atom. The largest absolute Gasteiger partial charge is 0.416 e. The number of carbonyl (C=O) groups excluding carboxylic acids is 1. The predicted octanol–water partition coefficient (Wildman–Crippen LogP) is 6.41. The van der Waals surface area contributed by atoms with Crippen molar-refractivity contribution in [3.05, 3.63) is 105 Å². The predicted molar refractivity (Wildman–Crippen MR) is 148 cm³/mol. The fraction of sp³-hybridized carbons (Fsp3) is 0.111. The molecule has 0 spiro atoms. The number of halogens is 6. The van der Waals surface area contributed by atoms with Crippen molar-refractivity contribution in [2.45, 2.75) is 12.7 Å². The summed E-state index contributed by atoms with van der Waals surface area (Å²) < 4.78 is 82.1. The maximum atomic E-state index is 14.5. The second-order valence-corrected chi connectivity index (χ2v) is 11.4. The Balaban J connectivity index is 1.48. The Morgan fingerprint density at radius 3 is 2.34 bits per heavy atom. The van der Waals surface area contributed by atoms with Crippen LogP contribution in [-0.4, -0.2) is 30.4 Å². The van der Waals surface area contributed by atoms with Crippen molar-refractivity contribution in [1.29, 1.82) is 0 Å². The minimum absolute atomic E-state index is 0.0713. The van der Waals surface area contributed by atoms with Crippen molar-refractivity contribution in [3.8, 4) is 11.3 Å². The Morgan fingerprint density at radius 2 is 1.73 bits per heavy atom. The summed E-state index contributed by atoms with van der Waals surface area (Å²) in [6.07, 6.45) is -0.208. The van der Waals surface area contributed by atoms with E-state index in [-0.39, 0.29) is 18.7 Å². The molecule has 1 aromatic heterocycles. The molecule has 2 heterocycles. The van der Waals surface area contributed by atoms with Gasteiger partial charge in [-0.05, 0) is 60.2 Å². The molecule has 5 rings (SSSR count). The molecule has 0 atom stereocenters. The molecule has 0 aliphatic carbocycles. The van der Waals surface area contributed by atoms with Gasteiger partial charge in [0.1, 0.15) is 18.2 Å². The molecular weight excluding hydrogens is 607 g/mol. The van der Waals surface area contributed by atoms with Crippen molar-refractivity contribution in [2.24, 2.45) is 0 Å². The smallest absolute Gasteiger partial charge is 0.326 e. The number of amides is 1. The number of hydrogen-bond acceptors (Lipinski definition) is 4. The van der Waals surface area contributed by atoms with E-state index in [0.29, 0.717) is 38.9 Å². The van der Waals surface area contributed by atoms with Gasteiger partial charge >= 0.3 is 16.4 Å². The lowest BCUT2D eigenvalue weighted by molar-refractivity contribution is -0.137. The molecule has 1 aliphatic heterocycles. The first-order valence-corrected chi connectivity index (χ1v) is 14.0. The first-order valence-electron chi connectivity index (χ1n) is 11.8. The van der Waals surface area contributed by atoms with Gasteiger partial charge in [-0.1, -0.05) is 41.4 Å². The number of carbonyl (C=O) groups is 1. The van der Waals surface area contributed by atoms with Gasteiger partial charge in [-0.25, -0.2) is 18.4 Å². The maximum Gasteiger partial charge on any atom is 0.416 e. The molecule has 1 amide bonds. The number of hydrogen-bond donors (Lipinski definition) is 1. The molecular formula is C27H18Cl2F4N4O3S. The number of nitrogens with zero attached hydrogens (tertiary/aromatic N) is 3. The van der Waals surface area contributed by atoms with E-state index in [1.807, 2.05) is 4.72 Å². The zero-order valence-corrected chi connectivity index (χ0v) is 23.0. The zero-order chi connectivity index (χ0) is 29.5. The van der Waals surface area contributed by atoms with Crippen LogP contribution in [0.4, 0.5) is 23.2 Å². The average molecular weight is 625 g/mol. The van der Waals surface area contributed by atoms with Crippen LogP contribution in [0.2, 0.25) is 10.0 Å². The summed E-state index contributed by atoms with van der Waals surface area (Å²) in [5.41, 5.74) is 0.882. The minimum Gasteiger partial charge on any atom is -0.326 e. The molecule has 1 saturated heterocycles. The van der Waals surface area contributed by atoms with Crippen LogP contribution in [0, 0.1) is 5.82 Å². The van der Waals surface area contributed by atoms with Gasteiger partial charge in [-0.15, -0.1) is 0 Å². The molecule has 14 heteroatoms. The molecule has 0 unspecified atom stereocenters. The lowest BCUT2D eigenvalue weighted by atomic mass is 10.1. The zero-order valence-electron chi connectivity index (χ0n) is 20.7. The van der Waals surface area contributed by atoms with Crippen LogP contribution in [0.5, 0.6) is 0 Å². The van der Waals surface area contributed by atoms with Gasteiger partial charge in [0, 0.05) is 28.9 Å². The number of nitrogens with one attached hydrogen (secondary N) is 1. The Bertz CT molecular complexity index is 1790. The van der Waals surface area contributed by atoms with E-state index in [1.54, 1.807) is 53.2 Å². The summed E-state index contributed by atoms with van der Waals surface area (Å²) in [4.78, 5) is 16.1. The lowest BCUT2D eigenvalue weighted by Gasteiger charge is -2.15. The van der Waals surface area contributed by atoms with Crippen LogP contribution in [0.15, 0.2) is 66.9 Å². The van der Waals surface area contributed by atoms with Gasteiger partial charge < -0.3 is 4.57 Å². The molecule has 7 nitrogen and oxygen atoms in total. The van der Waals surface area contributed by atoms with Crippen LogP contribution >= 0.6 is 23.2 Å². The molecule has 0 radical (unpaired) electrons. The van der Waals surface area contributed by atoms with Gasteiger partial charge in [-0.2, -0.15) is 21.6 Å². The number of imidazole rings is 1. The second-order valence-electron chi connectivity index (χ2n) is 9.01. The molecule has 212 valence electrons. The quantitative estimate of drug-likeness (QED) is 0.251. The molecule has 0 bridgehead atoms. The number of benzene rings is 3. The van der Waals surface area contributed by atoms with Crippen LogP contribution in [0.1, 0.15) is 22.5 Å². The van der Waals surface area contributed by atoms with Crippen LogP contribution in [0.3, 0.4) is 0 Å². The number of alkyl halides is 3. The lowest BCUT2D eigenvalue weighted by Crippen LogP contribution is -2.29. The Kier molecular flexibility index (Phi) is 7.58. The third-order valence-corrected chi connectivity index (χ3v) is 8.11. The molecule has 4 aromatic rings. The first kappa shape index (κ1) is 28.7. The van der Waals surface area contributed by atoms with Crippen molar-refractivity contribution in [1.82, 2.24) is 14.3 Å². The van der Waals surface area contributed by atoms with E-state index in [1.165, 1.54) is 12.2 Å². The SMILES string of the molecule is O=C1CN(c2ccc(Cn3cc(-c4ccc(Cl)cc4Cl)nc3C=Cc3ccc(C(F)(F)F)cc3F)cc2)S(=O)(=O)N1. The van der Waals surface area contributed by atoms with Crippen LogP contribution in [-0.2, 0) is 27.7 Å². The van der Waals surface area contributed by atoms with Crippen molar-refractivity contribution in [3.63, 3.8) is 0 Å². The highest BCUT2D eigenvalue weighted by molar-refractivity contribution is 7.92. The third-order valence-electron chi connectivity index (χ3n) is 6.15. The van der Waals surface area contributed by atoms with Gasteiger partial charge in [-0.3, -0.25) is 4.79 Å². The fourth-order valence-corrected chi connectivity index (χ4v) is 5.82. The third kappa shape index (κ3) is 6.24. The molecule has 3 aromatic carbocycles. The maximum absolute atomic E-state index is 14.5. The number of anilines is 1. The van der Waals surface area contributed by atoms with Gasteiger partial charge in [0.2, 0.25) is 0 Å². The average Bonchev–Trinajstić information content (AvgIpc) is 3.41. The molecule has 0 saturated carbocycles. The highest BCUT2D eigenvalue weighted by Crippen LogP contribution is 2.32. The van der Waals surface area contributed by atoms with Crippen LogP contribution in [0.25, 0.3) is 23.4 Å². The van der Waals surface area contributed by atoms with Gasteiger partial charge in [0.25, 0.3) is 5.91 Å². The van der Waals surface area contributed by atoms with E-state index in [4.69, 9.17) is 23.2 Å². The standard InChI is InChI=1S/C27H18Cl2F4N4O3S/c28-19-6-9-21(22(29)12-19)24-14-36(13-16-1-7-20(8-2-16)37-15-26(38)35-41(37,39)40)25(34-24)10-4-17-3-5-18(11-23(17)30)27(31,32)33/h1-12,14H,13,15H2,(H,35,38). The van der Waals surface area contributed by atoms with Crippen molar-refractivity contribution < 1.29 is 30.8 Å². The van der Waals surface area contributed by atoms with E-state index in [9.17, 15) is 30.8 Å². The highest BCUT2D eigenvalue weighted by atomic mass is 35.5. The second kappa shape index (κ2) is 10.8. The molecule has 1 N–H and O–H groups in total. The molecule has 41 heavy (non-hydrogen) atoms. The first-order chi connectivity index (χ1) is 19.3. The number of aromatic nitrogens is 2. The Labute approximate surface area is 241 Å². The summed E-state index contributed by atoms with van der Waals surface area (Å²) in [7, 11) is -3.96. The minimum atomic E-state index is -4.67. The van der Waals surface area contributed by atoms with E-state index in [2.05, 4.69) is 4.98 Å². The van der Waals surface area contributed by atoms with Crippen LogP contribution < -0.4 is 9.03 Å². The Hall–Kier alpha value is -3.87. The molecule has 1 fully saturated rings. The summed E-state index contributed by atoms with van der Waals surface area (Å²) in [6, 6.07) is 13.6. The summed E-state index contributed by atoms with van der Waals surface area (Å²) >= 11 is 12.4. The van der Waals surface area contributed by atoms with Crippen molar-refractivity contribution in [2.75, 3.05) is 10.8 Å². The van der Waals surface area contributed by atoms with Gasteiger partial charge in [0.05, 0.1) is 22.0 Å². The topological polar surface area (TPSA) is 84.3 Å². The van der Waals surface area contributed by atoms with E-state index < -0.39 is 33.7 Å². The summed E-state index contributed by atoms with van der Waals surface area (Å²) in [5.74, 6) is -1.34. The highest BCUT2D eigenvalue weighted by Gasteiger charge is 2.34. The normalized spacial score (nSPS) is 15.1. The van der Waals surface area contributed by atoms with E-state index >= 15 is 0 Å². The summed E-state index contributed by atoms with van der Waals surface area (Å²) in [5, 5.41) is 0.763. The van der Waals surface area contributed by atoms with Crippen molar-refractivity contribution >= 4 is 57.2 Å². The fourth-order valence-electron chi connectivity index (χ4n) is 4.16. The van der Waals surface area contributed by atoms with Gasteiger partial charge in [0.15, 0.2) is 0 Å².